The Morgan fingerprint density at radius 3 is 1.13 bits per heavy atom. The molecule has 0 aliphatic heterocycles. The molecule has 0 aromatic heterocycles. The topological polar surface area (TPSA) is 132 Å². The van der Waals surface area contributed by atoms with Gasteiger partial charge in [-0.1, -0.05) is 37.9 Å². The summed E-state index contributed by atoms with van der Waals surface area (Å²) in [5.41, 5.74) is 1.05. The fourth-order valence-corrected chi connectivity index (χ4v) is 4.14. The highest BCUT2D eigenvalue weighted by molar-refractivity contribution is 7.49. The SMILES string of the molecule is C=CC(=O)Nc1cccc(OP(=O)(Oc2cccc(NC(=O)C=C)c2)Oc2cccc(NC(=O)C=C)c2)c1. The molecule has 0 saturated heterocycles. The van der Waals surface area contributed by atoms with Crippen molar-refractivity contribution in [2.45, 2.75) is 0 Å². The van der Waals surface area contributed by atoms with Crippen LogP contribution in [0.5, 0.6) is 17.2 Å². The molecule has 3 amide bonds. The summed E-state index contributed by atoms with van der Waals surface area (Å²) in [7, 11) is -4.47. The second-order valence-electron chi connectivity index (χ2n) is 7.38. The second kappa shape index (κ2) is 12.8. The van der Waals surface area contributed by atoms with Gasteiger partial charge in [-0.25, -0.2) is 0 Å². The van der Waals surface area contributed by atoms with Crippen molar-refractivity contribution >= 4 is 42.6 Å². The molecule has 0 fully saturated rings. The summed E-state index contributed by atoms with van der Waals surface area (Å²) in [5, 5.41) is 7.72. The van der Waals surface area contributed by atoms with Crippen LogP contribution in [0.15, 0.2) is 111 Å². The number of hydrogen-bond donors (Lipinski definition) is 3. The van der Waals surface area contributed by atoms with Crippen LogP contribution >= 0.6 is 7.82 Å². The number of anilines is 3. The molecule has 10 nitrogen and oxygen atoms in total. The summed E-state index contributed by atoms with van der Waals surface area (Å²) >= 11 is 0. The molecule has 0 radical (unpaired) electrons. The van der Waals surface area contributed by atoms with Crippen LogP contribution in [-0.4, -0.2) is 17.7 Å². The van der Waals surface area contributed by atoms with Gasteiger partial charge in [0.15, 0.2) is 0 Å². The highest BCUT2D eigenvalue weighted by atomic mass is 31.2. The maximum Gasteiger partial charge on any atom is 0.647 e. The van der Waals surface area contributed by atoms with Crippen molar-refractivity contribution in [3.63, 3.8) is 0 Å². The largest absolute Gasteiger partial charge is 0.647 e. The van der Waals surface area contributed by atoms with E-state index in [1.165, 1.54) is 36.4 Å². The normalized spacial score (nSPS) is 10.3. The third-order valence-electron chi connectivity index (χ3n) is 4.51. The number of carbonyl (C=O) groups is 3. The lowest BCUT2D eigenvalue weighted by Gasteiger charge is -2.20. The summed E-state index contributed by atoms with van der Waals surface area (Å²) < 4.78 is 30.9. The van der Waals surface area contributed by atoms with Gasteiger partial charge in [0.25, 0.3) is 0 Å². The molecule has 0 heterocycles. The molecule has 0 bridgehead atoms. The van der Waals surface area contributed by atoms with Crippen molar-refractivity contribution in [3.8, 4) is 17.2 Å². The molecule has 11 heteroatoms. The van der Waals surface area contributed by atoms with Gasteiger partial charge in [-0.15, -0.1) is 0 Å². The predicted octanol–water partition coefficient (Wildman–Crippen LogP) is 5.71. The minimum Gasteiger partial charge on any atom is -0.386 e. The standard InChI is InChI=1S/C27H24N3O7P/c1-4-25(31)28-19-10-7-13-22(16-19)35-38(34,36-23-14-8-11-20(17-23)29-26(32)5-2)37-24-15-9-12-21(18-24)30-27(33)6-3/h4-18H,1-3H2,(H,28,31)(H,29,32)(H,30,33). The van der Waals surface area contributed by atoms with Gasteiger partial charge < -0.3 is 29.5 Å². The fourth-order valence-electron chi connectivity index (χ4n) is 2.91. The summed E-state index contributed by atoms with van der Waals surface area (Å²) in [6, 6.07) is 18.2. The summed E-state index contributed by atoms with van der Waals surface area (Å²) in [6.45, 7) is 10.2. The van der Waals surface area contributed by atoms with Crippen molar-refractivity contribution in [2.24, 2.45) is 0 Å². The Morgan fingerprint density at radius 1 is 0.579 bits per heavy atom. The van der Waals surface area contributed by atoms with Crippen LogP contribution in [-0.2, 0) is 18.9 Å². The van der Waals surface area contributed by atoms with E-state index in [9.17, 15) is 18.9 Å². The summed E-state index contributed by atoms with van der Waals surface area (Å²) in [4.78, 5) is 35.0. The van der Waals surface area contributed by atoms with Gasteiger partial charge in [-0.05, 0) is 54.6 Å². The van der Waals surface area contributed by atoms with Gasteiger partial charge in [-0.3, -0.25) is 14.4 Å². The number of hydrogen-bond acceptors (Lipinski definition) is 7. The molecule has 194 valence electrons. The van der Waals surface area contributed by atoms with Gasteiger partial charge in [0, 0.05) is 35.3 Å². The molecule has 0 aliphatic rings. The van der Waals surface area contributed by atoms with E-state index in [2.05, 4.69) is 35.7 Å². The van der Waals surface area contributed by atoms with Crippen LogP contribution in [0.25, 0.3) is 0 Å². The van der Waals surface area contributed by atoms with Crippen LogP contribution in [0, 0.1) is 0 Å². The van der Waals surface area contributed by atoms with E-state index in [0.717, 1.165) is 18.2 Å². The first-order chi connectivity index (χ1) is 18.2. The molecule has 0 spiro atoms. The smallest absolute Gasteiger partial charge is 0.386 e. The zero-order chi connectivity index (χ0) is 27.5. The number of nitrogens with one attached hydrogen (secondary N) is 3. The molecule has 3 aromatic carbocycles. The van der Waals surface area contributed by atoms with E-state index in [0.29, 0.717) is 17.1 Å². The number of rotatable bonds is 12. The lowest BCUT2D eigenvalue weighted by molar-refractivity contribution is -0.112. The molecule has 3 N–H and O–H groups in total. The summed E-state index contributed by atoms with van der Waals surface area (Å²) in [6.07, 6.45) is 3.29. The third kappa shape index (κ3) is 8.25. The van der Waals surface area contributed by atoms with Gasteiger partial charge in [-0.2, -0.15) is 4.57 Å². The highest BCUT2D eigenvalue weighted by Crippen LogP contribution is 2.50. The average Bonchev–Trinajstić information content (AvgIpc) is 2.88. The van der Waals surface area contributed by atoms with Gasteiger partial charge in [0.2, 0.25) is 17.7 Å². The Kier molecular flexibility index (Phi) is 9.23. The molecule has 0 saturated carbocycles. The maximum atomic E-state index is 13.9. The van der Waals surface area contributed by atoms with Crippen molar-refractivity contribution in [1.82, 2.24) is 0 Å². The molecule has 38 heavy (non-hydrogen) atoms. The monoisotopic (exact) mass is 533 g/mol. The molecule has 0 unspecified atom stereocenters. The van der Waals surface area contributed by atoms with E-state index >= 15 is 0 Å². The van der Waals surface area contributed by atoms with Gasteiger partial charge >= 0.3 is 7.82 Å². The Morgan fingerprint density at radius 2 is 0.868 bits per heavy atom. The van der Waals surface area contributed by atoms with E-state index < -0.39 is 25.5 Å². The van der Waals surface area contributed by atoms with Crippen LogP contribution in [0.4, 0.5) is 17.1 Å². The minimum atomic E-state index is -4.47. The minimum absolute atomic E-state index is 0.0578. The third-order valence-corrected chi connectivity index (χ3v) is 5.82. The number of phosphoric ester groups is 1. The van der Waals surface area contributed by atoms with E-state index in [-0.39, 0.29) is 17.2 Å². The Labute approximate surface area is 219 Å². The van der Waals surface area contributed by atoms with Crippen molar-refractivity contribution in [3.05, 3.63) is 111 Å². The number of carbonyl (C=O) groups excluding carboxylic acids is 3. The Bertz CT molecular complexity index is 1270. The van der Waals surface area contributed by atoms with E-state index in [1.54, 1.807) is 36.4 Å². The second-order valence-corrected chi connectivity index (χ2v) is 8.83. The molecule has 3 aromatic rings. The molecular weight excluding hydrogens is 509 g/mol. The zero-order valence-corrected chi connectivity index (χ0v) is 21.0. The average molecular weight is 533 g/mol. The van der Waals surface area contributed by atoms with Crippen molar-refractivity contribution < 1.29 is 32.5 Å². The molecule has 3 rings (SSSR count). The van der Waals surface area contributed by atoms with E-state index in [1.807, 2.05) is 0 Å². The number of amides is 3. The lowest BCUT2D eigenvalue weighted by atomic mass is 10.3. The molecular formula is C27H24N3O7P. The molecule has 0 atom stereocenters. The van der Waals surface area contributed by atoms with Crippen molar-refractivity contribution in [1.29, 1.82) is 0 Å². The highest BCUT2D eigenvalue weighted by Gasteiger charge is 2.33. The Balaban J connectivity index is 1.94. The van der Waals surface area contributed by atoms with Crippen LogP contribution in [0.1, 0.15) is 0 Å². The maximum absolute atomic E-state index is 13.9. The summed E-state index contributed by atoms with van der Waals surface area (Å²) in [5.74, 6) is -1.17. The first kappa shape index (κ1) is 27.5. The lowest BCUT2D eigenvalue weighted by Crippen LogP contribution is -2.10. The van der Waals surface area contributed by atoms with Crippen LogP contribution in [0.3, 0.4) is 0 Å². The number of phosphoric acid groups is 1. The molecule has 0 aliphatic carbocycles. The predicted molar refractivity (Wildman–Crippen MR) is 145 cm³/mol. The van der Waals surface area contributed by atoms with Crippen LogP contribution in [0.2, 0.25) is 0 Å². The first-order valence-electron chi connectivity index (χ1n) is 11.0. The van der Waals surface area contributed by atoms with E-state index in [4.69, 9.17) is 13.6 Å². The Hall–Kier alpha value is -5.08. The zero-order valence-electron chi connectivity index (χ0n) is 20.1. The van der Waals surface area contributed by atoms with Gasteiger partial charge in [0.05, 0.1) is 0 Å². The van der Waals surface area contributed by atoms with Gasteiger partial charge in [0.1, 0.15) is 17.2 Å². The quantitative estimate of drug-likeness (QED) is 0.201. The van der Waals surface area contributed by atoms with Crippen molar-refractivity contribution in [2.75, 3.05) is 16.0 Å². The fraction of sp³-hybridized carbons (Fsp3) is 0. The number of benzene rings is 3. The van der Waals surface area contributed by atoms with Crippen LogP contribution < -0.4 is 29.5 Å². The first-order valence-corrected chi connectivity index (χ1v) is 12.5.